The van der Waals surface area contributed by atoms with E-state index in [0.717, 1.165) is 25.9 Å². The molecule has 1 aliphatic carbocycles. The first-order valence-electron chi connectivity index (χ1n) is 7.33. The fourth-order valence-electron chi connectivity index (χ4n) is 3.30. The molecule has 0 aromatic carbocycles. The molecule has 5 heteroatoms. The van der Waals surface area contributed by atoms with E-state index in [1.165, 1.54) is 0 Å². The van der Waals surface area contributed by atoms with Crippen LogP contribution < -0.4 is 0 Å². The fraction of sp³-hybridized carbons (Fsp3) is 1.00. The van der Waals surface area contributed by atoms with Gasteiger partial charge in [-0.15, -0.1) is 0 Å². The average Bonchev–Trinajstić information content (AvgIpc) is 2.88. The lowest BCUT2D eigenvalue weighted by Gasteiger charge is -2.32. The Kier molecular flexibility index (Phi) is 5.12. The highest BCUT2D eigenvalue weighted by atomic mass is 19.4. The van der Waals surface area contributed by atoms with Gasteiger partial charge in [-0.05, 0) is 57.3 Å². The molecule has 1 saturated carbocycles. The standard InChI is InChI=1S/C14H23F3O2/c15-14(16,17)11-5-3-10(4-6-11)13(18)8-7-12-2-1-9-19-12/h10-13,18H,1-9H2. The smallest absolute Gasteiger partial charge is 0.391 e. The van der Waals surface area contributed by atoms with Gasteiger partial charge in [0.25, 0.3) is 0 Å². The fourth-order valence-corrected chi connectivity index (χ4v) is 3.30. The zero-order valence-electron chi connectivity index (χ0n) is 11.2. The van der Waals surface area contributed by atoms with Gasteiger partial charge in [0.15, 0.2) is 0 Å². The van der Waals surface area contributed by atoms with Crippen LogP contribution in [0.4, 0.5) is 13.2 Å². The van der Waals surface area contributed by atoms with Crippen molar-refractivity contribution in [2.24, 2.45) is 11.8 Å². The normalized spacial score (nSPS) is 34.4. The molecule has 2 fully saturated rings. The van der Waals surface area contributed by atoms with Gasteiger partial charge in [-0.2, -0.15) is 13.2 Å². The van der Waals surface area contributed by atoms with Gasteiger partial charge in [-0.3, -0.25) is 0 Å². The second-order valence-corrected chi connectivity index (χ2v) is 5.93. The van der Waals surface area contributed by atoms with Gasteiger partial charge in [0.05, 0.1) is 18.1 Å². The van der Waals surface area contributed by atoms with Crippen molar-refractivity contribution in [2.45, 2.75) is 69.8 Å². The molecule has 2 aliphatic rings. The van der Waals surface area contributed by atoms with Crippen molar-refractivity contribution in [3.05, 3.63) is 0 Å². The van der Waals surface area contributed by atoms with Gasteiger partial charge in [0.1, 0.15) is 0 Å². The summed E-state index contributed by atoms with van der Waals surface area (Å²) in [5, 5.41) is 10.1. The third kappa shape index (κ3) is 4.35. The van der Waals surface area contributed by atoms with E-state index >= 15 is 0 Å². The SMILES string of the molecule is OC(CCC1CCCO1)C1CCC(C(F)(F)F)CC1. The van der Waals surface area contributed by atoms with Gasteiger partial charge in [0, 0.05) is 6.61 Å². The number of halogens is 3. The molecule has 0 spiro atoms. The molecule has 19 heavy (non-hydrogen) atoms. The van der Waals surface area contributed by atoms with Crippen LogP contribution in [0.1, 0.15) is 51.4 Å². The summed E-state index contributed by atoms with van der Waals surface area (Å²) in [5.74, 6) is -1.12. The number of aliphatic hydroxyl groups excluding tert-OH is 1. The summed E-state index contributed by atoms with van der Waals surface area (Å²) in [4.78, 5) is 0. The number of rotatable bonds is 4. The third-order valence-corrected chi connectivity index (χ3v) is 4.59. The van der Waals surface area contributed by atoms with Gasteiger partial charge >= 0.3 is 6.18 Å². The summed E-state index contributed by atoms with van der Waals surface area (Å²) in [6.07, 6.45) is 0.689. The van der Waals surface area contributed by atoms with Gasteiger partial charge < -0.3 is 9.84 Å². The summed E-state index contributed by atoms with van der Waals surface area (Å²) in [7, 11) is 0. The van der Waals surface area contributed by atoms with Crippen LogP contribution in [-0.2, 0) is 4.74 Å². The molecule has 0 aromatic heterocycles. The molecular weight excluding hydrogens is 257 g/mol. The molecule has 2 unspecified atom stereocenters. The van der Waals surface area contributed by atoms with Crippen molar-refractivity contribution in [3.8, 4) is 0 Å². The number of hydrogen-bond acceptors (Lipinski definition) is 2. The van der Waals surface area contributed by atoms with E-state index in [2.05, 4.69) is 0 Å². The monoisotopic (exact) mass is 280 g/mol. The summed E-state index contributed by atoms with van der Waals surface area (Å²) < 4.78 is 43.1. The Morgan fingerprint density at radius 3 is 2.32 bits per heavy atom. The molecule has 0 radical (unpaired) electrons. The van der Waals surface area contributed by atoms with Crippen LogP contribution in [-0.4, -0.2) is 30.1 Å². The van der Waals surface area contributed by atoms with Crippen LogP contribution >= 0.6 is 0 Å². The largest absolute Gasteiger partial charge is 0.393 e. The Balaban J connectivity index is 1.68. The molecule has 0 amide bonds. The predicted molar refractivity (Wildman–Crippen MR) is 65.7 cm³/mol. The maximum absolute atomic E-state index is 12.5. The molecule has 112 valence electrons. The zero-order valence-corrected chi connectivity index (χ0v) is 11.2. The van der Waals surface area contributed by atoms with Crippen LogP contribution in [0.3, 0.4) is 0 Å². The number of hydrogen-bond donors (Lipinski definition) is 1. The molecule has 0 bridgehead atoms. The molecule has 1 saturated heterocycles. The second kappa shape index (κ2) is 6.44. The summed E-state index contributed by atoms with van der Waals surface area (Å²) in [5.41, 5.74) is 0. The Labute approximate surface area is 112 Å². The first-order chi connectivity index (χ1) is 8.97. The maximum atomic E-state index is 12.5. The maximum Gasteiger partial charge on any atom is 0.391 e. The van der Waals surface area contributed by atoms with Crippen molar-refractivity contribution < 1.29 is 23.0 Å². The van der Waals surface area contributed by atoms with E-state index in [4.69, 9.17) is 4.74 Å². The molecule has 2 atom stereocenters. The van der Waals surface area contributed by atoms with E-state index < -0.39 is 18.2 Å². The van der Waals surface area contributed by atoms with Crippen LogP contribution in [0, 0.1) is 11.8 Å². The number of ether oxygens (including phenoxy) is 1. The van der Waals surface area contributed by atoms with Gasteiger partial charge in [0.2, 0.25) is 0 Å². The van der Waals surface area contributed by atoms with Crippen LogP contribution in [0.15, 0.2) is 0 Å². The Bertz CT molecular complexity index is 266. The summed E-state index contributed by atoms with van der Waals surface area (Å²) >= 11 is 0. The molecular formula is C14H23F3O2. The van der Waals surface area contributed by atoms with Crippen LogP contribution in [0.25, 0.3) is 0 Å². The van der Waals surface area contributed by atoms with Crippen molar-refractivity contribution >= 4 is 0 Å². The van der Waals surface area contributed by atoms with Crippen molar-refractivity contribution in [2.75, 3.05) is 6.61 Å². The molecule has 2 rings (SSSR count). The minimum Gasteiger partial charge on any atom is -0.393 e. The number of alkyl halides is 3. The third-order valence-electron chi connectivity index (χ3n) is 4.59. The minimum absolute atomic E-state index is 0.0417. The van der Waals surface area contributed by atoms with E-state index in [1.54, 1.807) is 0 Å². The van der Waals surface area contributed by atoms with Crippen LogP contribution in [0.2, 0.25) is 0 Å². The average molecular weight is 280 g/mol. The van der Waals surface area contributed by atoms with E-state index in [1.807, 2.05) is 0 Å². The lowest BCUT2D eigenvalue weighted by atomic mass is 9.78. The topological polar surface area (TPSA) is 29.5 Å². The Morgan fingerprint density at radius 1 is 1.11 bits per heavy atom. The Hall–Kier alpha value is -0.290. The highest BCUT2D eigenvalue weighted by molar-refractivity contribution is 4.81. The zero-order chi connectivity index (χ0) is 13.9. The van der Waals surface area contributed by atoms with Crippen molar-refractivity contribution in [1.82, 2.24) is 0 Å². The predicted octanol–water partition coefficient (Wildman–Crippen LogP) is 3.68. The highest BCUT2D eigenvalue weighted by Crippen LogP contribution is 2.41. The quantitative estimate of drug-likeness (QED) is 0.851. The van der Waals surface area contributed by atoms with Crippen LogP contribution in [0.5, 0.6) is 0 Å². The lowest BCUT2D eigenvalue weighted by molar-refractivity contribution is -0.185. The second-order valence-electron chi connectivity index (χ2n) is 5.93. The molecule has 0 aromatic rings. The van der Waals surface area contributed by atoms with Gasteiger partial charge in [-0.1, -0.05) is 0 Å². The minimum atomic E-state index is -4.06. The first kappa shape index (κ1) is 15.1. The molecule has 2 nitrogen and oxygen atoms in total. The van der Waals surface area contributed by atoms with E-state index in [-0.39, 0.29) is 24.9 Å². The summed E-state index contributed by atoms with van der Waals surface area (Å²) in [6, 6.07) is 0. The lowest BCUT2D eigenvalue weighted by Crippen LogP contribution is -2.32. The molecule has 1 aliphatic heterocycles. The summed E-state index contributed by atoms with van der Waals surface area (Å²) in [6.45, 7) is 0.803. The highest BCUT2D eigenvalue weighted by Gasteiger charge is 2.42. The Morgan fingerprint density at radius 2 is 1.79 bits per heavy atom. The van der Waals surface area contributed by atoms with Crippen molar-refractivity contribution in [1.29, 1.82) is 0 Å². The molecule has 1 heterocycles. The van der Waals surface area contributed by atoms with E-state index in [9.17, 15) is 18.3 Å². The number of aliphatic hydroxyl groups is 1. The van der Waals surface area contributed by atoms with Gasteiger partial charge in [-0.25, -0.2) is 0 Å². The van der Waals surface area contributed by atoms with E-state index in [0.29, 0.717) is 19.3 Å². The first-order valence-corrected chi connectivity index (χ1v) is 7.33. The molecule has 1 N–H and O–H groups in total. The van der Waals surface area contributed by atoms with Crippen molar-refractivity contribution in [3.63, 3.8) is 0 Å².